The summed E-state index contributed by atoms with van der Waals surface area (Å²) in [5, 5.41) is 8.36. The number of benzene rings is 1. The van der Waals surface area contributed by atoms with Crippen molar-refractivity contribution >= 4 is 23.0 Å². The zero-order valence-electron chi connectivity index (χ0n) is 12.2. The van der Waals surface area contributed by atoms with Crippen molar-refractivity contribution in [2.75, 3.05) is 0 Å². The maximum Gasteiger partial charge on any atom is 0.187 e. The summed E-state index contributed by atoms with van der Waals surface area (Å²) in [6.45, 7) is 4.27. The molecule has 1 aromatic rings. The summed E-state index contributed by atoms with van der Waals surface area (Å²) < 4.78 is 0. The maximum atomic E-state index is 5.33. The highest BCUT2D eigenvalue weighted by Gasteiger charge is 2.21. The third-order valence-electron chi connectivity index (χ3n) is 3.94. The topological polar surface area (TPSA) is 36.4 Å². The minimum absolute atomic E-state index is 0.482. The SMILES string of the molecule is C/C(=N/NC(=S)N[C@@H]1CCCC[C@@H]1C)c1ccccc1. The van der Waals surface area contributed by atoms with Crippen LogP contribution in [0.25, 0.3) is 0 Å². The first-order valence-corrected chi connectivity index (χ1v) is 7.74. The molecule has 1 aromatic carbocycles. The van der Waals surface area contributed by atoms with Crippen molar-refractivity contribution in [3.8, 4) is 0 Å². The Kier molecular flexibility index (Phi) is 5.53. The van der Waals surface area contributed by atoms with Crippen LogP contribution in [0.4, 0.5) is 0 Å². The molecule has 2 rings (SSSR count). The summed E-state index contributed by atoms with van der Waals surface area (Å²) in [5.74, 6) is 0.683. The van der Waals surface area contributed by atoms with Gasteiger partial charge in [0.05, 0.1) is 5.71 Å². The minimum atomic E-state index is 0.482. The summed E-state index contributed by atoms with van der Waals surface area (Å²) >= 11 is 5.33. The van der Waals surface area contributed by atoms with Crippen molar-refractivity contribution in [3.63, 3.8) is 0 Å². The predicted molar refractivity (Wildman–Crippen MR) is 88.9 cm³/mol. The van der Waals surface area contributed by atoms with Gasteiger partial charge in [0.25, 0.3) is 0 Å². The molecule has 2 N–H and O–H groups in total. The number of hydrogen-bond acceptors (Lipinski definition) is 2. The number of thiocarbonyl (C=S) groups is 1. The highest BCUT2D eigenvalue weighted by atomic mass is 32.1. The van der Waals surface area contributed by atoms with Gasteiger partial charge in [0.15, 0.2) is 5.11 Å². The molecular weight excluding hydrogens is 266 g/mol. The van der Waals surface area contributed by atoms with Crippen molar-refractivity contribution in [3.05, 3.63) is 35.9 Å². The Balaban J connectivity index is 1.85. The first kappa shape index (κ1) is 15.0. The molecule has 0 saturated heterocycles. The Morgan fingerprint density at radius 1 is 1.20 bits per heavy atom. The van der Waals surface area contributed by atoms with E-state index in [0.29, 0.717) is 17.1 Å². The largest absolute Gasteiger partial charge is 0.358 e. The van der Waals surface area contributed by atoms with Gasteiger partial charge in [-0.25, -0.2) is 0 Å². The van der Waals surface area contributed by atoms with Gasteiger partial charge in [0.1, 0.15) is 0 Å². The van der Waals surface area contributed by atoms with Gasteiger partial charge in [0, 0.05) is 6.04 Å². The zero-order valence-corrected chi connectivity index (χ0v) is 13.0. The van der Waals surface area contributed by atoms with E-state index in [-0.39, 0.29) is 0 Å². The molecule has 1 aliphatic rings. The highest BCUT2D eigenvalue weighted by molar-refractivity contribution is 7.80. The number of hydrogen-bond donors (Lipinski definition) is 2. The summed E-state index contributed by atoms with van der Waals surface area (Å²) in [6, 6.07) is 10.6. The van der Waals surface area contributed by atoms with E-state index in [1.165, 1.54) is 25.7 Å². The second-order valence-corrected chi connectivity index (χ2v) is 5.92. The molecule has 1 saturated carbocycles. The van der Waals surface area contributed by atoms with Gasteiger partial charge in [-0.2, -0.15) is 5.10 Å². The molecule has 20 heavy (non-hydrogen) atoms. The van der Waals surface area contributed by atoms with Crippen molar-refractivity contribution in [2.24, 2.45) is 11.0 Å². The van der Waals surface area contributed by atoms with Crippen LogP contribution in [0, 0.1) is 5.92 Å². The van der Waals surface area contributed by atoms with E-state index in [2.05, 4.69) is 22.8 Å². The molecule has 0 amide bonds. The normalized spacial score (nSPS) is 23.2. The van der Waals surface area contributed by atoms with Crippen molar-refractivity contribution in [2.45, 2.75) is 45.6 Å². The van der Waals surface area contributed by atoms with Crippen LogP contribution in [-0.2, 0) is 0 Å². The number of nitrogens with zero attached hydrogens (tertiary/aromatic N) is 1. The molecule has 0 bridgehead atoms. The molecule has 0 aliphatic heterocycles. The molecule has 3 nitrogen and oxygen atoms in total. The minimum Gasteiger partial charge on any atom is -0.358 e. The monoisotopic (exact) mass is 289 g/mol. The van der Waals surface area contributed by atoms with Gasteiger partial charge in [0.2, 0.25) is 0 Å². The molecule has 0 unspecified atom stereocenters. The van der Waals surface area contributed by atoms with Gasteiger partial charge in [-0.05, 0) is 43.5 Å². The van der Waals surface area contributed by atoms with Crippen LogP contribution in [-0.4, -0.2) is 16.9 Å². The van der Waals surface area contributed by atoms with Gasteiger partial charge in [-0.3, -0.25) is 5.43 Å². The Morgan fingerprint density at radius 3 is 2.60 bits per heavy atom. The van der Waals surface area contributed by atoms with Gasteiger partial charge < -0.3 is 5.32 Å². The van der Waals surface area contributed by atoms with Crippen LogP contribution in [0.15, 0.2) is 35.4 Å². The summed E-state index contributed by atoms with van der Waals surface area (Å²) in [6.07, 6.45) is 5.11. The van der Waals surface area contributed by atoms with Gasteiger partial charge in [-0.15, -0.1) is 0 Å². The zero-order chi connectivity index (χ0) is 14.4. The van der Waals surface area contributed by atoms with Gasteiger partial charge >= 0.3 is 0 Å². The second-order valence-electron chi connectivity index (χ2n) is 5.52. The van der Waals surface area contributed by atoms with Crippen LogP contribution in [0.2, 0.25) is 0 Å². The second kappa shape index (κ2) is 7.39. The lowest BCUT2D eigenvalue weighted by Crippen LogP contribution is -2.44. The van der Waals surface area contributed by atoms with Gasteiger partial charge in [-0.1, -0.05) is 50.1 Å². The smallest absolute Gasteiger partial charge is 0.187 e. The third-order valence-corrected chi connectivity index (χ3v) is 4.15. The predicted octanol–water partition coefficient (Wildman–Crippen LogP) is 3.45. The lowest BCUT2D eigenvalue weighted by Gasteiger charge is -2.30. The first-order chi connectivity index (χ1) is 9.66. The number of rotatable bonds is 3. The average molecular weight is 289 g/mol. The fourth-order valence-corrected chi connectivity index (χ4v) is 2.81. The van der Waals surface area contributed by atoms with Crippen LogP contribution in [0.5, 0.6) is 0 Å². The molecule has 108 valence electrons. The summed E-state index contributed by atoms with van der Waals surface area (Å²) in [4.78, 5) is 0. The molecule has 0 heterocycles. The molecular formula is C16H23N3S. The highest BCUT2D eigenvalue weighted by Crippen LogP contribution is 2.23. The molecule has 1 fully saturated rings. The Labute approximate surface area is 126 Å². The lowest BCUT2D eigenvalue weighted by molar-refractivity contribution is 0.308. The fraction of sp³-hybridized carbons (Fsp3) is 0.500. The standard InChI is InChI=1S/C16H23N3S/c1-12-8-6-7-11-15(12)17-16(20)19-18-13(2)14-9-4-3-5-10-14/h3-5,9-10,12,15H,6-8,11H2,1-2H3,(H2,17,19,20)/b18-13-/t12-,15+/m0/s1. The molecule has 4 heteroatoms. The first-order valence-electron chi connectivity index (χ1n) is 7.33. The molecule has 1 aliphatic carbocycles. The van der Waals surface area contributed by atoms with Crippen molar-refractivity contribution in [1.29, 1.82) is 0 Å². The number of nitrogens with one attached hydrogen (secondary N) is 2. The Bertz CT molecular complexity index is 470. The number of hydrazone groups is 1. The molecule has 2 atom stereocenters. The Hall–Kier alpha value is -1.42. The van der Waals surface area contributed by atoms with Crippen LogP contribution in [0.3, 0.4) is 0 Å². The Morgan fingerprint density at radius 2 is 1.90 bits per heavy atom. The van der Waals surface area contributed by atoms with Crippen LogP contribution in [0.1, 0.15) is 45.1 Å². The van der Waals surface area contributed by atoms with Crippen molar-refractivity contribution < 1.29 is 0 Å². The summed E-state index contributed by atoms with van der Waals surface area (Å²) in [7, 11) is 0. The lowest BCUT2D eigenvalue weighted by atomic mass is 9.86. The van der Waals surface area contributed by atoms with E-state index in [9.17, 15) is 0 Å². The van der Waals surface area contributed by atoms with E-state index < -0.39 is 0 Å². The molecule has 0 spiro atoms. The maximum absolute atomic E-state index is 5.33. The van der Waals surface area contributed by atoms with Crippen LogP contribution < -0.4 is 10.7 Å². The molecule has 0 radical (unpaired) electrons. The van der Waals surface area contributed by atoms with Crippen molar-refractivity contribution in [1.82, 2.24) is 10.7 Å². The summed E-state index contributed by atoms with van der Waals surface area (Å²) in [5.41, 5.74) is 5.00. The fourth-order valence-electron chi connectivity index (χ4n) is 2.61. The van der Waals surface area contributed by atoms with Crippen LogP contribution >= 0.6 is 12.2 Å². The van der Waals surface area contributed by atoms with E-state index in [4.69, 9.17) is 12.2 Å². The third kappa shape index (κ3) is 4.30. The van der Waals surface area contributed by atoms with E-state index in [0.717, 1.165) is 11.3 Å². The van der Waals surface area contributed by atoms with E-state index in [1.54, 1.807) is 0 Å². The van der Waals surface area contributed by atoms with E-state index in [1.807, 2.05) is 37.3 Å². The quantitative estimate of drug-likeness (QED) is 0.508. The average Bonchev–Trinajstić information content (AvgIpc) is 2.48. The molecule has 0 aromatic heterocycles. The van der Waals surface area contributed by atoms with E-state index >= 15 is 0 Å².